The van der Waals surface area contributed by atoms with E-state index in [9.17, 15) is 9.59 Å². The van der Waals surface area contributed by atoms with Crippen molar-refractivity contribution in [3.8, 4) is 5.75 Å². The summed E-state index contributed by atoms with van der Waals surface area (Å²) < 4.78 is 17.7. The summed E-state index contributed by atoms with van der Waals surface area (Å²) in [6.07, 6.45) is -0.269. The Morgan fingerprint density at radius 1 is 1.00 bits per heavy atom. The Hall–Kier alpha value is -4.41. The fourth-order valence-electron chi connectivity index (χ4n) is 4.93. The monoisotopic (exact) mass is 616 g/mol. The van der Waals surface area contributed by atoms with Gasteiger partial charge in [-0.3, -0.25) is 15.0 Å². The van der Waals surface area contributed by atoms with Crippen molar-refractivity contribution in [3.05, 3.63) is 95.6 Å². The Morgan fingerprint density at radius 3 is 2.31 bits per heavy atom. The van der Waals surface area contributed by atoms with Gasteiger partial charge in [-0.05, 0) is 74.7 Å². The van der Waals surface area contributed by atoms with Crippen LogP contribution in [0.2, 0.25) is 0 Å². The highest BCUT2D eigenvalue weighted by atomic mass is 16.6. The van der Waals surface area contributed by atoms with Crippen molar-refractivity contribution in [2.24, 2.45) is 4.99 Å². The summed E-state index contributed by atoms with van der Waals surface area (Å²) in [5.74, 6) is 0.0683. The molecule has 1 heterocycles. The van der Waals surface area contributed by atoms with Gasteiger partial charge in [0.2, 0.25) is 5.90 Å². The number of carbonyl (C=O) groups is 2. The van der Waals surface area contributed by atoms with Gasteiger partial charge in [-0.2, -0.15) is 0 Å². The number of esters is 1. The predicted molar refractivity (Wildman–Crippen MR) is 174 cm³/mol. The van der Waals surface area contributed by atoms with E-state index in [1.54, 1.807) is 32.9 Å². The second-order valence-corrected chi connectivity index (χ2v) is 12.2. The number of carbonyl (C=O) groups excluding carboxylic acids is 2. The minimum atomic E-state index is -1.48. The number of aliphatic imine (C=N–C) groups is 1. The highest BCUT2D eigenvalue weighted by Crippen LogP contribution is 2.43. The number of anilines is 1. The molecule has 0 fully saturated rings. The van der Waals surface area contributed by atoms with E-state index in [1.807, 2.05) is 85.7 Å². The molecule has 240 valence electrons. The van der Waals surface area contributed by atoms with Crippen LogP contribution in [0.3, 0.4) is 0 Å². The molecule has 0 aliphatic carbocycles. The topological polar surface area (TPSA) is 122 Å². The lowest BCUT2D eigenvalue weighted by atomic mass is 9.83. The van der Waals surface area contributed by atoms with E-state index in [0.717, 1.165) is 16.8 Å². The number of nitrogens with zero attached hydrogens (tertiary/aromatic N) is 2. The first-order valence-electron chi connectivity index (χ1n) is 15.2. The van der Waals surface area contributed by atoms with Crippen LogP contribution in [0.1, 0.15) is 62.8 Å². The number of nitrogens with one attached hydrogen (secondary N) is 2. The van der Waals surface area contributed by atoms with Crippen molar-refractivity contribution in [1.82, 2.24) is 10.9 Å². The van der Waals surface area contributed by atoms with Gasteiger partial charge in [-0.15, -0.1) is 0 Å². The first-order valence-corrected chi connectivity index (χ1v) is 15.2. The van der Waals surface area contributed by atoms with Gasteiger partial charge in [0.15, 0.2) is 11.6 Å². The molecule has 3 aromatic carbocycles. The molecule has 1 aliphatic heterocycles. The van der Waals surface area contributed by atoms with Crippen LogP contribution in [0.25, 0.3) is 0 Å². The third-order valence-corrected chi connectivity index (χ3v) is 7.21. The zero-order valence-electron chi connectivity index (χ0n) is 26.7. The molecule has 0 radical (unpaired) electrons. The summed E-state index contributed by atoms with van der Waals surface area (Å²) >= 11 is 0. The summed E-state index contributed by atoms with van der Waals surface area (Å²) in [5.41, 5.74) is 7.21. The minimum absolute atomic E-state index is 0.0439. The van der Waals surface area contributed by atoms with E-state index >= 15 is 0 Å². The summed E-state index contributed by atoms with van der Waals surface area (Å²) in [4.78, 5) is 34.1. The summed E-state index contributed by atoms with van der Waals surface area (Å²) in [6, 6.07) is 24.6. The van der Waals surface area contributed by atoms with Gasteiger partial charge in [0, 0.05) is 51.3 Å². The maximum absolute atomic E-state index is 14.2. The molecular formula is C35H44N4O6. The molecule has 0 unspecified atom stereocenters. The number of aliphatic hydroxyl groups is 1. The van der Waals surface area contributed by atoms with Crippen LogP contribution in [0, 0.1) is 0 Å². The maximum Gasteiger partial charge on any atom is 0.306 e. The standard InChI is InChI=1S/C35H44N4O6/c1-34(2,3)45-30(41)20-21-35(33(42)38-36-24-25-12-16-28(17-13-25)39(4)5)31(26-10-7-6-8-11-26)44-32(37-35)27-14-18-29(19-15-27)43-23-9-22-40/h6-8,10-19,31,36,40H,9,20-24H2,1-5H3,(H,38,42)/t31-,35-/m0/s1. The number of hydrogen-bond acceptors (Lipinski definition) is 9. The average molecular weight is 617 g/mol. The third-order valence-electron chi connectivity index (χ3n) is 7.21. The van der Waals surface area contributed by atoms with Gasteiger partial charge in [0.05, 0.1) is 6.61 Å². The van der Waals surface area contributed by atoms with Crippen LogP contribution in [-0.4, -0.2) is 61.3 Å². The molecule has 0 bridgehead atoms. The van der Waals surface area contributed by atoms with Crippen LogP contribution >= 0.6 is 0 Å². The van der Waals surface area contributed by atoms with Crippen LogP contribution in [0.5, 0.6) is 5.75 Å². The number of rotatable bonds is 14. The zero-order chi connectivity index (χ0) is 32.5. The van der Waals surface area contributed by atoms with E-state index in [1.165, 1.54) is 0 Å². The molecule has 3 N–H and O–H groups in total. The number of aliphatic hydroxyl groups excluding tert-OH is 1. The molecule has 0 saturated carbocycles. The van der Waals surface area contributed by atoms with Crippen LogP contribution in [-0.2, 0) is 25.6 Å². The van der Waals surface area contributed by atoms with E-state index in [0.29, 0.717) is 30.9 Å². The minimum Gasteiger partial charge on any atom is -0.494 e. The second kappa shape index (κ2) is 15.0. The Balaban J connectivity index is 1.64. The van der Waals surface area contributed by atoms with Crippen LogP contribution < -0.4 is 20.5 Å². The highest BCUT2D eigenvalue weighted by Gasteiger charge is 2.53. The fourth-order valence-corrected chi connectivity index (χ4v) is 4.93. The summed E-state index contributed by atoms with van der Waals surface area (Å²) in [6.45, 7) is 6.25. The first-order chi connectivity index (χ1) is 21.5. The number of benzene rings is 3. The highest BCUT2D eigenvalue weighted by molar-refractivity contribution is 6.01. The molecule has 3 aromatic rings. The smallest absolute Gasteiger partial charge is 0.306 e. The van der Waals surface area contributed by atoms with Gasteiger partial charge >= 0.3 is 5.97 Å². The van der Waals surface area contributed by atoms with Crippen molar-refractivity contribution in [3.63, 3.8) is 0 Å². The van der Waals surface area contributed by atoms with Crippen molar-refractivity contribution < 1.29 is 28.9 Å². The molecule has 0 spiro atoms. The Morgan fingerprint density at radius 2 is 1.69 bits per heavy atom. The molecule has 45 heavy (non-hydrogen) atoms. The lowest BCUT2D eigenvalue weighted by molar-refractivity contribution is -0.155. The third kappa shape index (κ3) is 9.06. The van der Waals surface area contributed by atoms with Crippen molar-refractivity contribution in [2.45, 2.75) is 63.8 Å². The second-order valence-electron chi connectivity index (χ2n) is 12.2. The van der Waals surface area contributed by atoms with E-state index in [2.05, 4.69) is 10.9 Å². The zero-order valence-corrected chi connectivity index (χ0v) is 26.7. The lowest BCUT2D eigenvalue weighted by Gasteiger charge is -2.31. The number of amides is 1. The average Bonchev–Trinajstić information content (AvgIpc) is 3.41. The molecule has 1 amide bonds. The first kappa shape index (κ1) is 33.5. The molecular weight excluding hydrogens is 572 g/mol. The van der Waals surface area contributed by atoms with Gasteiger partial charge in [0.1, 0.15) is 11.4 Å². The van der Waals surface area contributed by atoms with E-state index < -0.39 is 29.1 Å². The predicted octanol–water partition coefficient (Wildman–Crippen LogP) is 4.71. The Kier molecular flexibility index (Phi) is 11.2. The van der Waals surface area contributed by atoms with Crippen molar-refractivity contribution in [2.75, 3.05) is 32.2 Å². The molecule has 0 aromatic heterocycles. The van der Waals surface area contributed by atoms with Gasteiger partial charge in [-0.25, -0.2) is 10.4 Å². The number of hydrazine groups is 1. The Labute approximate surface area is 265 Å². The van der Waals surface area contributed by atoms with Gasteiger partial charge in [-0.1, -0.05) is 42.5 Å². The van der Waals surface area contributed by atoms with Crippen LogP contribution in [0.15, 0.2) is 83.9 Å². The molecule has 4 rings (SSSR count). The van der Waals surface area contributed by atoms with E-state index in [4.69, 9.17) is 24.3 Å². The lowest BCUT2D eigenvalue weighted by Crippen LogP contribution is -2.52. The van der Waals surface area contributed by atoms with Crippen molar-refractivity contribution in [1.29, 1.82) is 0 Å². The summed E-state index contributed by atoms with van der Waals surface area (Å²) in [7, 11) is 3.96. The van der Waals surface area contributed by atoms with Crippen LogP contribution in [0.4, 0.5) is 5.69 Å². The Bertz CT molecular complexity index is 1440. The largest absolute Gasteiger partial charge is 0.494 e. The molecule has 2 atom stereocenters. The SMILES string of the molecule is CN(C)c1ccc(CNNC(=O)[C@@]2(CCC(=O)OC(C)(C)C)N=C(c3ccc(OCCCO)cc3)O[C@H]2c2ccccc2)cc1. The van der Waals surface area contributed by atoms with E-state index in [-0.39, 0.29) is 25.3 Å². The number of ether oxygens (including phenoxy) is 3. The quantitative estimate of drug-likeness (QED) is 0.135. The van der Waals surface area contributed by atoms with Gasteiger partial charge in [0.25, 0.3) is 5.91 Å². The summed E-state index contributed by atoms with van der Waals surface area (Å²) in [5, 5.41) is 9.04. The molecule has 10 nitrogen and oxygen atoms in total. The molecule has 0 saturated heterocycles. The molecule has 10 heteroatoms. The number of hydrogen-bond donors (Lipinski definition) is 3. The van der Waals surface area contributed by atoms with Crippen molar-refractivity contribution >= 4 is 23.5 Å². The molecule has 1 aliphatic rings. The maximum atomic E-state index is 14.2. The normalized spacial score (nSPS) is 17.6. The fraction of sp³-hybridized carbons (Fsp3) is 0.400. The van der Waals surface area contributed by atoms with Gasteiger partial charge < -0.3 is 24.2 Å².